The summed E-state index contributed by atoms with van der Waals surface area (Å²) in [4.78, 5) is 30.1. The summed E-state index contributed by atoms with van der Waals surface area (Å²) in [6.45, 7) is 5.39. The first-order valence-electron chi connectivity index (χ1n) is 8.10. The number of hydrogen-bond acceptors (Lipinski definition) is 4. The summed E-state index contributed by atoms with van der Waals surface area (Å²) in [5, 5.41) is 12.2. The van der Waals surface area contributed by atoms with Crippen molar-refractivity contribution < 1.29 is 14.7 Å². The Labute approximate surface area is 135 Å². The van der Waals surface area contributed by atoms with Crippen LogP contribution >= 0.6 is 0 Å². The highest BCUT2D eigenvalue weighted by Crippen LogP contribution is 2.58. The molecule has 6 nitrogen and oxygen atoms in total. The molecule has 0 bridgehead atoms. The number of nitrogens with zero attached hydrogens (tertiary/aromatic N) is 2. The second kappa shape index (κ2) is 5.83. The molecule has 23 heavy (non-hydrogen) atoms. The van der Waals surface area contributed by atoms with E-state index >= 15 is 0 Å². The van der Waals surface area contributed by atoms with E-state index in [4.69, 9.17) is 0 Å². The van der Waals surface area contributed by atoms with Crippen LogP contribution in [0, 0.1) is 17.3 Å². The van der Waals surface area contributed by atoms with Gasteiger partial charge < -0.3 is 15.3 Å². The number of carboxylic acids is 1. The molecule has 3 rings (SSSR count). The quantitative estimate of drug-likeness (QED) is 0.880. The molecule has 1 aromatic rings. The van der Waals surface area contributed by atoms with E-state index in [1.54, 1.807) is 6.20 Å². The molecule has 2 heterocycles. The fourth-order valence-corrected chi connectivity index (χ4v) is 3.67. The Morgan fingerprint density at radius 3 is 2.48 bits per heavy atom. The molecule has 0 radical (unpaired) electrons. The van der Waals surface area contributed by atoms with Crippen LogP contribution in [0.25, 0.3) is 0 Å². The largest absolute Gasteiger partial charge is 0.481 e. The van der Waals surface area contributed by atoms with Gasteiger partial charge in [-0.1, -0.05) is 19.9 Å². The maximum atomic E-state index is 12.4. The summed E-state index contributed by atoms with van der Waals surface area (Å²) in [6, 6.07) is 5.97. The highest BCUT2D eigenvalue weighted by Gasteiger charge is 2.66. The molecule has 0 unspecified atom stereocenters. The number of amides is 1. The number of piperidine rings is 1. The predicted octanol–water partition coefficient (Wildman–Crippen LogP) is 1.52. The molecule has 1 saturated carbocycles. The van der Waals surface area contributed by atoms with E-state index in [0.717, 1.165) is 31.7 Å². The van der Waals surface area contributed by atoms with Crippen LogP contribution in [0.4, 0.5) is 5.82 Å². The van der Waals surface area contributed by atoms with Gasteiger partial charge in [-0.2, -0.15) is 0 Å². The highest BCUT2D eigenvalue weighted by molar-refractivity contribution is 5.91. The van der Waals surface area contributed by atoms with Gasteiger partial charge >= 0.3 is 5.97 Å². The molecule has 1 aliphatic heterocycles. The van der Waals surface area contributed by atoms with Crippen LogP contribution in [0.3, 0.4) is 0 Å². The third-order valence-electron chi connectivity index (χ3n) is 5.19. The summed E-state index contributed by atoms with van der Waals surface area (Å²) < 4.78 is 0. The number of carboxylic acid groups (broad SMARTS) is 1. The van der Waals surface area contributed by atoms with E-state index in [1.165, 1.54) is 0 Å². The van der Waals surface area contributed by atoms with Crippen molar-refractivity contribution in [2.24, 2.45) is 17.3 Å². The number of hydrogen-bond donors (Lipinski definition) is 2. The lowest BCUT2D eigenvalue weighted by Crippen LogP contribution is -2.45. The normalized spacial score (nSPS) is 26.6. The molecule has 0 aromatic carbocycles. The van der Waals surface area contributed by atoms with Crippen LogP contribution in [0.15, 0.2) is 24.4 Å². The van der Waals surface area contributed by atoms with Crippen molar-refractivity contribution in [1.82, 2.24) is 10.3 Å². The van der Waals surface area contributed by atoms with Crippen LogP contribution in [0.5, 0.6) is 0 Å². The van der Waals surface area contributed by atoms with Crippen LogP contribution in [0.2, 0.25) is 0 Å². The van der Waals surface area contributed by atoms with Crippen molar-refractivity contribution in [1.29, 1.82) is 0 Å². The topological polar surface area (TPSA) is 82.5 Å². The molecule has 6 heteroatoms. The Bertz CT molecular complexity index is 594. The zero-order chi connectivity index (χ0) is 16.6. The van der Waals surface area contributed by atoms with Gasteiger partial charge in [0.25, 0.3) is 0 Å². The lowest BCUT2D eigenvalue weighted by atomic mass is 10.0. The van der Waals surface area contributed by atoms with Gasteiger partial charge in [-0.15, -0.1) is 0 Å². The van der Waals surface area contributed by atoms with Crippen LogP contribution in [0.1, 0.15) is 26.7 Å². The van der Waals surface area contributed by atoms with E-state index in [-0.39, 0.29) is 11.9 Å². The first-order chi connectivity index (χ1) is 10.9. The summed E-state index contributed by atoms with van der Waals surface area (Å²) >= 11 is 0. The molecule has 2 aliphatic rings. The van der Waals surface area contributed by atoms with Gasteiger partial charge in [0.1, 0.15) is 5.82 Å². The second-order valence-electron chi connectivity index (χ2n) is 7.07. The average molecular weight is 317 g/mol. The van der Waals surface area contributed by atoms with Gasteiger partial charge in [0, 0.05) is 25.3 Å². The Balaban J connectivity index is 1.52. The number of aliphatic carboxylic acids is 1. The van der Waals surface area contributed by atoms with Gasteiger partial charge in [-0.25, -0.2) is 4.98 Å². The average Bonchev–Trinajstić information content (AvgIpc) is 3.12. The Morgan fingerprint density at radius 2 is 1.96 bits per heavy atom. The van der Waals surface area contributed by atoms with E-state index < -0.39 is 23.2 Å². The van der Waals surface area contributed by atoms with Crippen molar-refractivity contribution in [3.63, 3.8) is 0 Å². The minimum Gasteiger partial charge on any atom is -0.481 e. The summed E-state index contributed by atoms with van der Waals surface area (Å²) in [5.41, 5.74) is -0.440. The molecular weight excluding hydrogens is 294 g/mol. The van der Waals surface area contributed by atoms with Gasteiger partial charge in [0.2, 0.25) is 5.91 Å². The SMILES string of the molecule is CC1(C)[C@H](C(=O)O)[C@@H]1C(=O)NC1CCN(c2ccccn2)CC1. The Kier molecular flexibility index (Phi) is 4.00. The molecular formula is C17H23N3O3. The van der Waals surface area contributed by atoms with E-state index in [9.17, 15) is 14.7 Å². The van der Waals surface area contributed by atoms with Crippen molar-refractivity contribution >= 4 is 17.7 Å². The van der Waals surface area contributed by atoms with E-state index in [0.29, 0.717) is 0 Å². The minimum atomic E-state index is -0.875. The van der Waals surface area contributed by atoms with E-state index in [2.05, 4.69) is 15.2 Å². The van der Waals surface area contributed by atoms with Crippen LogP contribution < -0.4 is 10.2 Å². The molecule has 1 saturated heterocycles. The van der Waals surface area contributed by atoms with Crippen molar-refractivity contribution in [3.8, 4) is 0 Å². The summed E-state index contributed by atoms with van der Waals surface area (Å²) in [7, 11) is 0. The smallest absolute Gasteiger partial charge is 0.307 e. The standard InChI is InChI=1S/C17H23N3O3/c1-17(2)13(14(17)16(22)23)15(21)19-11-6-9-20(10-7-11)12-5-3-4-8-18-12/h3-5,8,11,13-14H,6-7,9-10H2,1-2H3,(H,19,21)(H,22,23)/t13-,14+/m1/s1. The van der Waals surface area contributed by atoms with Crippen molar-refractivity contribution in [3.05, 3.63) is 24.4 Å². The third-order valence-corrected chi connectivity index (χ3v) is 5.19. The van der Waals surface area contributed by atoms with Crippen molar-refractivity contribution in [2.45, 2.75) is 32.7 Å². The molecule has 2 N–H and O–H groups in total. The minimum absolute atomic E-state index is 0.112. The van der Waals surface area contributed by atoms with E-state index in [1.807, 2.05) is 32.0 Å². The number of pyridine rings is 1. The third kappa shape index (κ3) is 3.02. The van der Waals surface area contributed by atoms with Crippen molar-refractivity contribution in [2.75, 3.05) is 18.0 Å². The van der Waals surface area contributed by atoms with Crippen LogP contribution in [-0.4, -0.2) is 41.1 Å². The van der Waals surface area contributed by atoms with Gasteiger partial charge in [-0.05, 0) is 30.4 Å². The zero-order valence-electron chi connectivity index (χ0n) is 13.5. The van der Waals surface area contributed by atoms with Gasteiger partial charge in [-0.3, -0.25) is 9.59 Å². The fraction of sp³-hybridized carbons (Fsp3) is 0.588. The molecule has 2 atom stereocenters. The summed E-state index contributed by atoms with van der Waals surface area (Å²) in [6.07, 6.45) is 3.49. The zero-order valence-corrected chi connectivity index (χ0v) is 13.5. The molecule has 1 amide bonds. The number of rotatable bonds is 4. The van der Waals surface area contributed by atoms with Gasteiger partial charge in [0.05, 0.1) is 11.8 Å². The lowest BCUT2D eigenvalue weighted by molar-refractivity contribution is -0.140. The summed E-state index contributed by atoms with van der Waals surface area (Å²) in [5.74, 6) is -0.990. The number of carbonyl (C=O) groups is 2. The molecule has 1 aromatic heterocycles. The first-order valence-corrected chi connectivity index (χ1v) is 8.10. The molecule has 1 aliphatic carbocycles. The second-order valence-corrected chi connectivity index (χ2v) is 7.07. The molecule has 0 spiro atoms. The number of anilines is 1. The fourth-order valence-electron chi connectivity index (χ4n) is 3.67. The van der Waals surface area contributed by atoms with Gasteiger partial charge in [0.15, 0.2) is 0 Å². The number of carbonyl (C=O) groups excluding carboxylic acids is 1. The number of nitrogens with one attached hydrogen (secondary N) is 1. The molecule has 124 valence electrons. The lowest BCUT2D eigenvalue weighted by Gasteiger charge is -2.33. The predicted molar refractivity (Wildman–Crippen MR) is 86.0 cm³/mol. The number of aromatic nitrogens is 1. The maximum absolute atomic E-state index is 12.4. The first kappa shape index (κ1) is 15.8. The Morgan fingerprint density at radius 1 is 1.26 bits per heavy atom. The maximum Gasteiger partial charge on any atom is 0.307 e. The molecule has 2 fully saturated rings. The monoisotopic (exact) mass is 317 g/mol. The van der Waals surface area contributed by atoms with Crippen LogP contribution in [-0.2, 0) is 9.59 Å². The highest BCUT2D eigenvalue weighted by atomic mass is 16.4. The Hall–Kier alpha value is -2.11.